The van der Waals surface area contributed by atoms with E-state index in [9.17, 15) is 4.79 Å². The summed E-state index contributed by atoms with van der Waals surface area (Å²) in [5, 5.41) is 0. The predicted octanol–water partition coefficient (Wildman–Crippen LogP) is 4.16. The Bertz CT molecular complexity index is 434. The van der Waals surface area contributed by atoms with Gasteiger partial charge < -0.3 is 0 Å². The van der Waals surface area contributed by atoms with Gasteiger partial charge in [0.15, 0.2) is 5.78 Å². The fourth-order valence-corrected chi connectivity index (χ4v) is 2.99. The van der Waals surface area contributed by atoms with E-state index in [-0.39, 0.29) is 0 Å². The number of allylic oxidation sites excluding steroid dienone is 2. The highest BCUT2D eigenvalue weighted by atomic mass is 32.2. The predicted molar refractivity (Wildman–Crippen MR) is 73.5 cm³/mol. The van der Waals surface area contributed by atoms with Gasteiger partial charge in [0.2, 0.25) is 0 Å². The molecule has 0 aromatic heterocycles. The molecule has 2 heteroatoms. The average molecular weight is 246 g/mol. The van der Waals surface area contributed by atoms with E-state index in [0.29, 0.717) is 11.5 Å². The van der Waals surface area contributed by atoms with Gasteiger partial charge in [0.1, 0.15) is 0 Å². The summed E-state index contributed by atoms with van der Waals surface area (Å²) in [5.74, 6) is 0.898. The molecule has 1 aliphatic carbocycles. The highest BCUT2D eigenvalue weighted by molar-refractivity contribution is 8.00. The zero-order valence-corrected chi connectivity index (χ0v) is 11.1. The lowest BCUT2D eigenvalue weighted by atomic mass is 9.97. The van der Waals surface area contributed by atoms with Crippen molar-refractivity contribution in [2.24, 2.45) is 0 Å². The van der Waals surface area contributed by atoms with Crippen molar-refractivity contribution in [3.63, 3.8) is 0 Å². The topological polar surface area (TPSA) is 17.1 Å². The monoisotopic (exact) mass is 246 g/mol. The minimum atomic E-state index is 0.318. The molecule has 0 atom stereocenters. The SMILES string of the molecule is Cc1ccccc1SCC(=O)C1=CCCCC1. The van der Waals surface area contributed by atoms with Gasteiger partial charge in [0, 0.05) is 4.90 Å². The Labute approximate surface area is 107 Å². The molecule has 0 radical (unpaired) electrons. The van der Waals surface area contributed by atoms with E-state index in [2.05, 4.69) is 25.1 Å². The van der Waals surface area contributed by atoms with Gasteiger partial charge in [-0.1, -0.05) is 24.3 Å². The van der Waals surface area contributed by atoms with Crippen molar-refractivity contribution >= 4 is 17.5 Å². The molecule has 0 fully saturated rings. The Morgan fingerprint density at radius 3 is 2.82 bits per heavy atom. The van der Waals surface area contributed by atoms with E-state index in [1.165, 1.54) is 23.3 Å². The van der Waals surface area contributed by atoms with Gasteiger partial charge in [-0.3, -0.25) is 4.79 Å². The van der Waals surface area contributed by atoms with Crippen LogP contribution in [-0.2, 0) is 4.79 Å². The third-order valence-corrected chi connectivity index (χ3v) is 4.28. The van der Waals surface area contributed by atoms with Gasteiger partial charge in [-0.05, 0) is 49.8 Å². The Kier molecular flexibility index (Phi) is 4.43. The smallest absolute Gasteiger partial charge is 0.168 e. The third kappa shape index (κ3) is 3.47. The average Bonchev–Trinajstić information content (AvgIpc) is 2.38. The molecule has 0 unspecified atom stereocenters. The zero-order chi connectivity index (χ0) is 12.1. The Morgan fingerprint density at radius 2 is 2.12 bits per heavy atom. The second-order valence-corrected chi connectivity index (χ2v) is 5.47. The van der Waals surface area contributed by atoms with Crippen LogP contribution >= 0.6 is 11.8 Å². The summed E-state index contributed by atoms with van der Waals surface area (Å²) in [6.45, 7) is 2.09. The Morgan fingerprint density at radius 1 is 1.29 bits per heavy atom. The van der Waals surface area contributed by atoms with E-state index < -0.39 is 0 Å². The van der Waals surface area contributed by atoms with E-state index in [0.717, 1.165) is 18.4 Å². The largest absolute Gasteiger partial charge is 0.294 e. The standard InChI is InChI=1S/C15H18OS/c1-12-7-5-6-10-15(12)17-11-14(16)13-8-3-2-4-9-13/h5-8,10H,2-4,9,11H2,1H3. The molecule has 90 valence electrons. The molecule has 0 amide bonds. The van der Waals surface area contributed by atoms with Crippen LogP contribution in [-0.4, -0.2) is 11.5 Å². The number of carbonyl (C=O) groups excluding carboxylic acids is 1. The van der Waals surface area contributed by atoms with Crippen LogP contribution in [0.3, 0.4) is 0 Å². The summed E-state index contributed by atoms with van der Waals surface area (Å²) >= 11 is 1.66. The molecule has 1 aliphatic rings. The van der Waals surface area contributed by atoms with Crippen molar-refractivity contribution in [2.75, 3.05) is 5.75 Å². The highest BCUT2D eigenvalue weighted by Gasteiger charge is 2.12. The summed E-state index contributed by atoms with van der Waals surface area (Å²) in [5.41, 5.74) is 2.31. The van der Waals surface area contributed by atoms with Crippen molar-refractivity contribution in [3.8, 4) is 0 Å². The second kappa shape index (κ2) is 6.06. The fraction of sp³-hybridized carbons (Fsp3) is 0.400. The molecule has 1 nitrogen and oxygen atoms in total. The zero-order valence-electron chi connectivity index (χ0n) is 10.2. The van der Waals surface area contributed by atoms with Gasteiger partial charge in [-0.15, -0.1) is 11.8 Å². The van der Waals surface area contributed by atoms with Crippen molar-refractivity contribution < 1.29 is 4.79 Å². The molecule has 0 saturated heterocycles. The molecule has 0 aliphatic heterocycles. The summed E-state index contributed by atoms with van der Waals surface area (Å²) < 4.78 is 0. The maximum atomic E-state index is 12.0. The van der Waals surface area contributed by atoms with Crippen LogP contribution in [0.1, 0.15) is 31.2 Å². The molecule has 0 bridgehead atoms. The van der Waals surface area contributed by atoms with Crippen LogP contribution in [0.15, 0.2) is 40.8 Å². The van der Waals surface area contributed by atoms with E-state index in [4.69, 9.17) is 0 Å². The number of benzene rings is 1. The summed E-state index contributed by atoms with van der Waals surface area (Å²) in [7, 11) is 0. The maximum Gasteiger partial charge on any atom is 0.168 e. The highest BCUT2D eigenvalue weighted by Crippen LogP contribution is 2.25. The van der Waals surface area contributed by atoms with Gasteiger partial charge in [0.25, 0.3) is 0 Å². The van der Waals surface area contributed by atoms with Gasteiger partial charge in [-0.25, -0.2) is 0 Å². The van der Waals surface area contributed by atoms with Crippen LogP contribution in [0.4, 0.5) is 0 Å². The van der Waals surface area contributed by atoms with E-state index in [1.54, 1.807) is 11.8 Å². The van der Waals surface area contributed by atoms with Crippen molar-refractivity contribution in [2.45, 2.75) is 37.5 Å². The quantitative estimate of drug-likeness (QED) is 0.742. The number of rotatable bonds is 4. The van der Waals surface area contributed by atoms with Crippen LogP contribution in [0.2, 0.25) is 0 Å². The van der Waals surface area contributed by atoms with Crippen molar-refractivity contribution in [1.82, 2.24) is 0 Å². The number of thioether (sulfide) groups is 1. The minimum Gasteiger partial charge on any atom is -0.294 e. The normalized spacial score (nSPS) is 15.5. The number of aryl methyl sites for hydroxylation is 1. The second-order valence-electron chi connectivity index (χ2n) is 4.45. The summed E-state index contributed by atoms with van der Waals surface area (Å²) in [6, 6.07) is 8.24. The molecule has 1 aromatic carbocycles. The van der Waals surface area contributed by atoms with E-state index >= 15 is 0 Å². The number of Topliss-reactive ketones (excluding diaryl/α,β-unsaturated/α-hetero) is 1. The third-order valence-electron chi connectivity index (χ3n) is 3.10. The van der Waals surface area contributed by atoms with Crippen LogP contribution in [0, 0.1) is 6.92 Å². The lowest BCUT2D eigenvalue weighted by Gasteiger charge is -2.11. The molecule has 2 rings (SSSR count). The molecule has 0 N–H and O–H groups in total. The molecule has 0 spiro atoms. The lowest BCUT2D eigenvalue weighted by molar-refractivity contribution is -0.113. The molecular formula is C15H18OS. The summed E-state index contributed by atoms with van der Waals surface area (Å²) in [6.07, 6.45) is 6.60. The van der Waals surface area contributed by atoms with Crippen molar-refractivity contribution in [1.29, 1.82) is 0 Å². The number of hydrogen-bond acceptors (Lipinski definition) is 2. The number of hydrogen-bond donors (Lipinski definition) is 0. The van der Waals surface area contributed by atoms with Crippen molar-refractivity contribution in [3.05, 3.63) is 41.5 Å². The molecule has 17 heavy (non-hydrogen) atoms. The van der Waals surface area contributed by atoms with Crippen LogP contribution < -0.4 is 0 Å². The van der Waals surface area contributed by atoms with Crippen LogP contribution in [0.5, 0.6) is 0 Å². The number of ketones is 1. The van der Waals surface area contributed by atoms with Gasteiger partial charge in [0.05, 0.1) is 5.75 Å². The first-order chi connectivity index (χ1) is 8.27. The minimum absolute atomic E-state index is 0.318. The first-order valence-corrected chi connectivity index (χ1v) is 7.16. The molecular weight excluding hydrogens is 228 g/mol. The Balaban J connectivity index is 1.92. The lowest BCUT2D eigenvalue weighted by Crippen LogP contribution is -2.08. The van der Waals surface area contributed by atoms with Crippen LogP contribution in [0.25, 0.3) is 0 Å². The molecule has 0 heterocycles. The first-order valence-electron chi connectivity index (χ1n) is 6.18. The summed E-state index contributed by atoms with van der Waals surface area (Å²) in [4.78, 5) is 13.2. The Hall–Kier alpha value is -1.02. The van der Waals surface area contributed by atoms with Gasteiger partial charge >= 0.3 is 0 Å². The molecule has 1 aromatic rings. The maximum absolute atomic E-state index is 12.0. The molecule has 0 saturated carbocycles. The first kappa shape index (κ1) is 12.4. The van der Waals surface area contributed by atoms with Gasteiger partial charge in [-0.2, -0.15) is 0 Å². The fourth-order valence-electron chi connectivity index (χ4n) is 2.05. The number of carbonyl (C=O) groups is 1. The van der Waals surface area contributed by atoms with E-state index in [1.807, 2.05) is 12.1 Å².